The SMILES string of the molecule is COc1ccc(C)cc1NC(=S)Nc1cccc(Cn2nc(C)c(Br)c2C)c1. The highest BCUT2D eigenvalue weighted by atomic mass is 79.9. The maximum absolute atomic E-state index is 5.48. The van der Waals surface area contributed by atoms with Crippen molar-refractivity contribution >= 4 is 44.6 Å². The molecule has 0 radical (unpaired) electrons. The van der Waals surface area contributed by atoms with Gasteiger partial charge in [-0.2, -0.15) is 5.10 Å². The molecule has 3 aromatic rings. The maximum Gasteiger partial charge on any atom is 0.175 e. The Balaban J connectivity index is 1.71. The van der Waals surface area contributed by atoms with E-state index in [2.05, 4.69) is 50.7 Å². The number of benzene rings is 2. The van der Waals surface area contributed by atoms with Crippen LogP contribution in [0.2, 0.25) is 0 Å². The highest BCUT2D eigenvalue weighted by Crippen LogP contribution is 2.26. The van der Waals surface area contributed by atoms with Gasteiger partial charge < -0.3 is 15.4 Å². The van der Waals surface area contributed by atoms with E-state index in [9.17, 15) is 0 Å². The topological polar surface area (TPSA) is 51.1 Å². The fraction of sp³-hybridized carbons (Fsp3) is 0.238. The van der Waals surface area contributed by atoms with Crippen molar-refractivity contribution in [2.45, 2.75) is 27.3 Å². The molecule has 2 aromatic carbocycles. The summed E-state index contributed by atoms with van der Waals surface area (Å²) in [6, 6.07) is 14.1. The molecule has 5 nitrogen and oxygen atoms in total. The van der Waals surface area contributed by atoms with Crippen LogP contribution in [-0.2, 0) is 6.54 Å². The van der Waals surface area contributed by atoms with Gasteiger partial charge in [0.2, 0.25) is 0 Å². The van der Waals surface area contributed by atoms with Gasteiger partial charge in [0.05, 0.1) is 35.2 Å². The minimum atomic E-state index is 0.509. The Morgan fingerprint density at radius 1 is 1.14 bits per heavy atom. The Bertz CT molecular complexity index is 1020. The van der Waals surface area contributed by atoms with Gasteiger partial charge in [-0.05, 0) is 84.3 Å². The van der Waals surface area contributed by atoms with Gasteiger partial charge in [0.15, 0.2) is 5.11 Å². The molecule has 0 aliphatic carbocycles. The van der Waals surface area contributed by atoms with Gasteiger partial charge in [-0.25, -0.2) is 0 Å². The van der Waals surface area contributed by atoms with Gasteiger partial charge in [-0.15, -0.1) is 0 Å². The van der Waals surface area contributed by atoms with Crippen molar-refractivity contribution in [3.05, 3.63) is 69.5 Å². The van der Waals surface area contributed by atoms with E-state index >= 15 is 0 Å². The number of aromatic nitrogens is 2. The molecular weight excluding hydrogens is 436 g/mol. The average Bonchev–Trinajstić information content (AvgIpc) is 2.89. The molecule has 1 heterocycles. The molecular formula is C21H23BrN4OS. The predicted octanol–water partition coefficient (Wildman–Crippen LogP) is 5.44. The Kier molecular flexibility index (Phi) is 6.36. The monoisotopic (exact) mass is 458 g/mol. The Labute approximate surface area is 179 Å². The zero-order chi connectivity index (χ0) is 20.3. The summed E-state index contributed by atoms with van der Waals surface area (Å²) in [7, 11) is 1.65. The van der Waals surface area contributed by atoms with Crippen molar-refractivity contribution in [2.75, 3.05) is 17.7 Å². The lowest BCUT2D eigenvalue weighted by atomic mass is 10.2. The highest BCUT2D eigenvalue weighted by Gasteiger charge is 2.10. The van der Waals surface area contributed by atoms with Crippen LogP contribution in [0, 0.1) is 20.8 Å². The Hall–Kier alpha value is -2.38. The van der Waals surface area contributed by atoms with Crippen LogP contribution in [0.15, 0.2) is 46.9 Å². The molecule has 0 aliphatic rings. The first-order chi connectivity index (χ1) is 13.4. The summed E-state index contributed by atoms with van der Waals surface area (Å²) in [5, 5.41) is 11.5. The Morgan fingerprint density at radius 3 is 2.61 bits per heavy atom. The van der Waals surface area contributed by atoms with Gasteiger partial charge in [-0.3, -0.25) is 4.68 Å². The summed E-state index contributed by atoms with van der Waals surface area (Å²) in [5.41, 5.74) is 6.12. The van der Waals surface area contributed by atoms with Crippen LogP contribution in [0.25, 0.3) is 0 Å². The van der Waals surface area contributed by atoms with Gasteiger partial charge in [0, 0.05) is 5.69 Å². The van der Waals surface area contributed by atoms with E-state index in [0.717, 1.165) is 44.1 Å². The van der Waals surface area contributed by atoms with E-state index in [0.29, 0.717) is 11.7 Å². The molecule has 0 saturated heterocycles. The quantitative estimate of drug-likeness (QED) is 0.498. The molecule has 0 atom stereocenters. The largest absolute Gasteiger partial charge is 0.495 e. The molecule has 0 bridgehead atoms. The molecule has 0 spiro atoms. The number of halogens is 1. The zero-order valence-corrected chi connectivity index (χ0v) is 18.7. The third-order valence-electron chi connectivity index (χ3n) is 4.41. The third kappa shape index (κ3) is 4.72. The molecule has 0 unspecified atom stereocenters. The van der Waals surface area contributed by atoms with Crippen molar-refractivity contribution < 1.29 is 4.74 Å². The van der Waals surface area contributed by atoms with Crippen molar-refractivity contribution in [3.8, 4) is 5.75 Å². The molecule has 0 amide bonds. The number of rotatable bonds is 5. The van der Waals surface area contributed by atoms with Gasteiger partial charge in [0.1, 0.15) is 5.75 Å². The van der Waals surface area contributed by atoms with Crippen molar-refractivity contribution in [3.63, 3.8) is 0 Å². The first-order valence-electron chi connectivity index (χ1n) is 8.88. The minimum Gasteiger partial charge on any atom is -0.495 e. The summed E-state index contributed by atoms with van der Waals surface area (Å²) >= 11 is 9.06. The first kappa shape index (κ1) is 20.4. The fourth-order valence-electron chi connectivity index (χ4n) is 2.95. The van der Waals surface area contributed by atoms with Crippen molar-refractivity contribution in [2.24, 2.45) is 0 Å². The van der Waals surface area contributed by atoms with E-state index in [4.69, 9.17) is 17.0 Å². The Morgan fingerprint density at radius 2 is 1.93 bits per heavy atom. The molecule has 0 fully saturated rings. The van der Waals surface area contributed by atoms with E-state index in [-0.39, 0.29) is 0 Å². The number of hydrogen-bond acceptors (Lipinski definition) is 3. The summed E-state index contributed by atoms with van der Waals surface area (Å²) in [4.78, 5) is 0. The van der Waals surface area contributed by atoms with Crippen LogP contribution in [0.5, 0.6) is 5.75 Å². The number of ether oxygens (including phenoxy) is 1. The first-order valence-corrected chi connectivity index (χ1v) is 10.1. The van der Waals surface area contributed by atoms with Crippen LogP contribution in [-0.4, -0.2) is 22.0 Å². The standard InChI is InChI=1S/C21H23BrN4OS/c1-13-8-9-19(27-4)18(10-13)24-21(28)23-17-7-5-6-16(11-17)12-26-15(3)20(22)14(2)25-26/h5-11H,12H2,1-4H3,(H2,23,24,28). The normalized spacial score (nSPS) is 10.6. The summed E-state index contributed by atoms with van der Waals surface area (Å²) in [6.07, 6.45) is 0. The second-order valence-electron chi connectivity index (χ2n) is 6.63. The number of thiocarbonyl (C=S) groups is 1. The number of anilines is 2. The lowest BCUT2D eigenvalue weighted by Gasteiger charge is -2.15. The molecule has 1 aromatic heterocycles. The molecule has 146 valence electrons. The number of nitrogens with zero attached hydrogens (tertiary/aromatic N) is 2. The van der Waals surface area contributed by atoms with Crippen LogP contribution in [0.4, 0.5) is 11.4 Å². The van der Waals surface area contributed by atoms with Crippen molar-refractivity contribution in [1.29, 1.82) is 0 Å². The number of aryl methyl sites for hydroxylation is 2. The van der Waals surface area contributed by atoms with E-state index in [1.54, 1.807) is 7.11 Å². The molecule has 3 rings (SSSR count). The average molecular weight is 459 g/mol. The van der Waals surface area contributed by atoms with E-state index in [1.807, 2.05) is 48.9 Å². The van der Waals surface area contributed by atoms with Gasteiger partial charge in [-0.1, -0.05) is 18.2 Å². The lowest BCUT2D eigenvalue weighted by molar-refractivity contribution is 0.417. The molecule has 28 heavy (non-hydrogen) atoms. The van der Waals surface area contributed by atoms with Crippen LogP contribution in [0.3, 0.4) is 0 Å². The third-order valence-corrected chi connectivity index (χ3v) is 5.77. The van der Waals surface area contributed by atoms with Crippen molar-refractivity contribution in [1.82, 2.24) is 9.78 Å². The van der Waals surface area contributed by atoms with Crippen LogP contribution >= 0.6 is 28.1 Å². The second-order valence-corrected chi connectivity index (χ2v) is 7.83. The van der Waals surface area contributed by atoms with E-state index in [1.165, 1.54) is 0 Å². The summed E-state index contributed by atoms with van der Waals surface area (Å²) in [6.45, 7) is 6.78. The van der Waals surface area contributed by atoms with Crippen LogP contribution < -0.4 is 15.4 Å². The molecule has 0 saturated carbocycles. The number of nitrogens with one attached hydrogen (secondary N) is 2. The summed E-state index contributed by atoms with van der Waals surface area (Å²) < 4.78 is 8.44. The maximum atomic E-state index is 5.48. The smallest absolute Gasteiger partial charge is 0.175 e. The molecule has 0 aliphatic heterocycles. The number of hydrogen-bond donors (Lipinski definition) is 2. The minimum absolute atomic E-state index is 0.509. The fourth-order valence-corrected chi connectivity index (χ4v) is 3.47. The van der Waals surface area contributed by atoms with Gasteiger partial charge >= 0.3 is 0 Å². The van der Waals surface area contributed by atoms with E-state index < -0.39 is 0 Å². The molecule has 2 N–H and O–H groups in total. The molecule has 7 heteroatoms. The van der Waals surface area contributed by atoms with Crippen LogP contribution in [0.1, 0.15) is 22.5 Å². The predicted molar refractivity (Wildman–Crippen MR) is 123 cm³/mol. The second kappa shape index (κ2) is 8.75. The van der Waals surface area contributed by atoms with Gasteiger partial charge in [0.25, 0.3) is 0 Å². The highest BCUT2D eigenvalue weighted by molar-refractivity contribution is 9.10. The number of methoxy groups -OCH3 is 1. The zero-order valence-electron chi connectivity index (χ0n) is 16.3. The summed E-state index contributed by atoms with van der Waals surface area (Å²) in [5.74, 6) is 0.749. The lowest BCUT2D eigenvalue weighted by Crippen LogP contribution is -2.19.